The maximum atomic E-state index is 12.3. The normalized spacial score (nSPS) is 10.8. The van der Waals surface area contributed by atoms with Gasteiger partial charge in [-0.05, 0) is 36.4 Å². The second kappa shape index (κ2) is 7.07. The molecule has 0 aliphatic heterocycles. The standard InChI is InChI=1S/C17H14ClN3O2S/c1-21-16(23)13-4-2-3-5-14(13)20-17(21)24-10-15(22)19-12-8-6-11(18)7-9-12/h2-9H,10H2,1H3,(H,19,22). The highest BCUT2D eigenvalue weighted by Gasteiger charge is 2.10. The molecule has 3 rings (SSSR count). The van der Waals surface area contributed by atoms with E-state index in [2.05, 4.69) is 10.3 Å². The van der Waals surface area contributed by atoms with Crippen LogP contribution in [0.5, 0.6) is 0 Å². The summed E-state index contributed by atoms with van der Waals surface area (Å²) in [5.74, 6) is -0.0222. The van der Waals surface area contributed by atoms with Crippen molar-refractivity contribution in [1.29, 1.82) is 0 Å². The molecule has 0 radical (unpaired) electrons. The molecule has 0 bridgehead atoms. The van der Waals surface area contributed by atoms with Crippen LogP contribution in [0.4, 0.5) is 5.69 Å². The van der Waals surface area contributed by atoms with Crippen LogP contribution in [0.1, 0.15) is 0 Å². The highest BCUT2D eigenvalue weighted by Crippen LogP contribution is 2.18. The van der Waals surface area contributed by atoms with Crippen LogP contribution < -0.4 is 10.9 Å². The van der Waals surface area contributed by atoms with E-state index in [9.17, 15) is 9.59 Å². The quantitative estimate of drug-likeness (QED) is 0.573. The summed E-state index contributed by atoms with van der Waals surface area (Å²) in [6, 6.07) is 14.0. The van der Waals surface area contributed by atoms with Crippen molar-refractivity contribution in [3.05, 3.63) is 63.9 Å². The number of amides is 1. The summed E-state index contributed by atoms with van der Waals surface area (Å²) in [6.07, 6.45) is 0. The minimum Gasteiger partial charge on any atom is -0.325 e. The SMILES string of the molecule is Cn1c(SCC(=O)Nc2ccc(Cl)cc2)nc2ccccc2c1=O. The van der Waals surface area contributed by atoms with Crippen molar-refractivity contribution in [2.45, 2.75) is 5.16 Å². The highest BCUT2D eigenvalue weighted by molar-refractivity contribution is 7.99. The van der Waals surface area contributed by atoms with Gasteiger partial charge < -0.3 is 5.32 Å². The molecule has 2 aromatic carbocycles. The number of benzene rings is 2. The number of rotatable bonds is 4. The Kier molecular flexibility index (Phi) is 4.87. The number of nitrogens with one attached hydrogen (secondary N) is 1. The van der Waals surface area contributed by atoms with Crippen molar-refractivity contribution < 1.29 is 4.79 Å². The summed E-state index contributed by atoms with van der Waals surface area (Å²) >= 11 is 7.03. The molecule has 0 unspecified atom stereocenters. The topological polar surface area (TPSA) is 64.0 Å². The van der Waals surface area contributed by atoms with E-state index in [1.165, 1.54) is 16.3 Å². The Labute approximate surface area is 147 Å². The fourth-order valence-electron chi connectivity index (χ4n) is 2.19. The first-order chi connectivity index (χ1) is 11.5. The molecule has 1 N–H and O–H groups in total. The zero-order chi connectivity index (χ0) is 17.1. The lowest BCUT2D eigenvalue weighted by Crippen LogP contribution is -2.21. The van der Waals surface area contributed by atoms with Crippen molar-refractivity contribution in [2.24, 2.45) is 7.05 Å². The predicted octanol–water partition coefficient (Wildman–Crippen LogP) is 3.32. The highest BCUT2D eigenvalue weighted by atomic mass is 35.5. The number of thioether (sulfide) groups is 1. The van der Waals surface area contributed by atoms with Crippen LogP contribution in [0.3, 0.4) is 0 Å². The summed E-state index contributed by atoms with van der Waals surface area (Å²) in [7, 11) is 1.65. The maximum Gasteiger partial charge on any atom is 0.261 e. The number of nitrogens with zero attached hydrogens (tertiary/aromatic N) is 2. The van der Waals surface area contributed by atoms with Crippen molar-refractivity contribution in [2.75, 3.05) is 11.1 Å². The van der Waals surface area contributed by atoms with Crippen LogP contribution >= 0.6 is 23.4 Å². The second-order valence-corrected chi connectivity index (χ2v) is 6.50. The van der Waals surface area contributed by atoms with Crippen molar-refractivity contribution >= 4 is 45.9 Å². The first-order valence-corrected chi connectivity index (χ1v) is 8.55. The van der Waals surface area contributed by atoms with Gasteiger partial charge in [0.15, 0.2) is 5.16 Å². The minimum atomic E-state index is -0.176. The fourth-order valence-corrected chi connectivity index (χ4v) is 3.08. The molecule has 1 heterocycles. The van der Waals surface area contributed by atoms with Gasteiger partial charge in [-0.25, -0.2) is 4.98 Å². The average molecular weight is 360 g/mol. The number of halogens is 1. The largest absolute Gasteiger partial charge is 0.325 e. The molecular formula is C17H14ClN3O2S. The van der Waals surface area contributed by atoms with Gasteiger partial charge in [-0.15, -0.1) is 0 Å². The van der Waals surface area contributed by atoms with Crippen LogP contribution in [0.2, 0.25) is 5.02 Å². The second-order valence-electron chi connectivity index (χ2n) is 5.12. The molecule has 0 aliphatic rings. The van der Waals surface area contributed by atoms with E-state index in [1.807, 2.05) is 6.07 Å². The molecule has 7 heteroatoms. The third kappa shape index (κ3) is 3.60. The van der Waals surface area contributed by atoms with Crippen LogP contribution in [0.25, 0.3) is 10.9 Å². The number of fused-ring (bicyclic) bond motifs is 1. The molecule has 0 saturated heterocycles. The molecule has 0 aliphatic carbocycles. The number of carbonyl (C=O) groups excluding carboxylic acids is 1. The molecule has 0 spiro atoms. The first-order valence-electron chi connectivity index (χ1n) is 7.18. The molecule has 5 nitrogen and oxygen atoms in total. The molecule has 1 amide bonds. The van der Waals surface area contributed by atoms with Crippen molar-refractivity contribution in [3.63, 3.8) is 0 Å². The Morgan fingerprint density at radius 2 is 1.92 bits per heavy atom. The van der Waals surface area contributed by atoms with E-state index in [4.69, 9.17) is 11.6 Å². The van der Waals surface area contributed by atoms with Gasteiger partial charge in [0.2, 0.25) is 5.91 Å². The van der Waals surface area contributed by atoms with E-state index in [-0.39, 0.29) is 17.2 Å². The van der Waals surface area contributed by atoms with Gasteiger partial charge >= 0.3 is 0 Å². The number of carbonyl (C=O) groups is 1. The van der Waals surface area contributed by atoms with Gasteiger partial charge in [0.1, 0.15) is 0 Å². The molecule has 24 heavy (non-hydrogen) atoms. The molecule has 0 fully saturated rings. The number of hydrogen-bond acceptors (Lipinski definition) is 4. The number of hydrogen-bond donors (Lipinski definition) is 1. The average Bonchev–Trinajstić information content (AvgIpc) is 2.59. The monoisotopic (exact) mass is 359 g/mol. The van der Waals surface area contributed by atoms with E-state index in [1.54, 1.807) is 49.5 Å². The Morgan fingerprint density at radius 1 is 1.21 bits per heavy atom. The minimum absolute atomic E-state index is 0.124. The van der Waals surface area contributed by atoms with E-state index in [0.717, 1.165) is 0 Å². The van der Waals surface area contributed by atoms with Crippen LogP contribution in [-0.4, -0.2) is 21.2 Å². The summed E-state index contributed by atoms with van der Waals surface area (Å²) in [6.45, 7) is 0. The third-order valence-electron chi connectivity index (χ3n) is 3.40. The molecule has 1 aromatic heterocycles. The fraction of sp³-hybridized carbons (Fsp3) is 0.118. The van der Waals surface area contributed by atoms with Crippen molar-refractivity contribution in [3.8, 4) is 0 Å². The Bertz CT molecular complexity index is 954. The van der Waals surface area contributed by atoms with Gasteiger partial charge in [-0.3, -0.25) is 14.2 Å². The Morgan fingerprint density at radius 3 is 2.67 bits per heavy atom. The van der Waals surface area contributed by atoms with E-state index in [0.29, 0.717) is 26.8 Å². The zero-order valence-electron chi connectivity index (χ0n) is 12.8. The van der Waals surface area contributed by atoms with Gasteiger partial charge in [0.25, 0.3) is 5.56 Å². The number of para-hydroxylation sites is 1. The molecule has 122 valence electrons. The summed E-state index contributed by atoms with van der Waals surface area (Å²) in [4.78, 5) is 28.8. The third-order valence-corrected chi connectivity index (χ3v) is 4.68. The van der Waals surface area contributed by atoms with Crippen LogP contribution in [0, 0.1) is 0 Å². The van der Waals surface area contributed by atoms with Gasteiger partial charge in [-0.1, -0.05) is 35.5 Å². The lowest BCUT2D eigenvalue weighted by Gasteiger charge is -2.09. The predicted molar refractivity (Wildman–Crippen MR) is 97.8 cm³/mol. The molecular weight excluding hydrogens is 346 g/mol. The van der Waals surface area contributed by atoms with E-state index < -0.39 is 0 Å². The van der Waals surface area contributed by atoms with Crippen molar-refractivity contribution in [1.82, 2.24) is 9.55 Å². The van der Waals surface area contributed by atoms with E-state index >= 15 is 0 Å². The van der Waals surface area contributed by atoms with Gasteiger partial charge in [-0.2, -0.15) is 0 Å². The molecule has 0 atom stereocenters. The van der Waals surface area contributed by atoms with Crippen LogP contribution in [0.15, 0.2) is 58.5 Å². The Balaban J connectivity index is 1.73. The lowest BCUT2D eigenvalue weighted by molar-refractivity contribution is -0.113. The van der Waals surface area contributed by atoms with Gasteiger partial charge in [0.05, 0.1) is 16.7 Å². The summed E-state index contributed by atoms with van der Waals surface area (Å²) < 4.78 is 1.46. The maximum absolute atomic E-state index is 12.3. The first kappa shape index (κ1) is 16.5. The molecule has 0 saturated carbocycles. The number of anilines is 1. The summed E-state index contributed by atoms with van der Waals surface area (Å²) in [5, 5.41) is 4.46. The zero-order valence-corrected chi connectivity index (χ0v) is 14.4. The lowest BCUT2D eigenvalue weighted by atomic mass is 10.2. The number of aromatic nitrogens is 2. The van der Waals surface area contributed by atoms with Gasteiger partial charge in [0, 0.05) is 17.8 Å². The van der Waals surface area contributed by atoms with Crippen LogP contribution in [-0.2, 0) is 11.8 Å². The molecule has 3 aromatic rings. The Hall–Kier alpha value is -2.31. The smallest absolute Gasteiger partial charge is 0.261 e. The summed E-state index contributed by atoms with van der Waals surface area (Å²) in [5.41, 5.74) is 1.17.